The maximum atomic E-state index is 11.2. The van der Waals surface area contributed by atoms with Gasteiger partial charge in [-0.25, -0.2) is 4.79 Å². The lowest BCUT2D eigenvalue weighted by Gasteiger charge is -2.04. The predicted octanol–water partition coefficient (Wildman–Crippen LogP) is 3.42. The SMILES string of the molecule is C=C.COCCC(=O)NCc1ccccc1.NC(=O)OCc1ccccc1. The van der Waals surface area contributed by atoms with Gasteiger partial charge in [-0.2, -0.15) is 0 Å². The van der Waals surface area contributed by atoms with E-state index in [1.165, 1.54) is 0 Å². The van der Waals surface area contributed by atoms with Crippen LogP contribution in [0, 0.1) is 0 Å². The molecule has 2 amide bonds. The van der Waals surface area contributed by atoms with Gasteiger partial charge in [0.2, 0.25) is 5.91 Å². The molecule has 146 valence electrons. The van der Waals surface area contributed by atoms with Crippen LogP contribution in [0.2, 0.25) is 0 Å². The Hall–Kier alpha value is -3.12. The molecule has 3 N–H and O–H groups in total. The highest BCUT2D eigenvalue weighted by Crippen LogP contribution is 1.99. The Morgan fingerprint density at radius 2 is 1.48 bits per heavy atom. The minimum atomic E-state index is -0.742. The smallest absolute Gasteiger partial charge is 0.404 e. The molecule has 0 fully saturated rings. The maximum absolute atomic E-state index is 11.2. The number of carbonyl (C=O) groups excluding carboxylic acids is 2. The summed E-state index contributed by atoms with van der Waals surface area (Å²) >= 11 is 0. The van der Waals surface area contributed by atoms with E-state index in [-0.39, 0.29) is 12.5 Å². The molecular formula is C21H28N2O4. The summed E-state index contributed by atoms with van der Waals surface area (Å²) in [5.74, 6) is 0.0238. The molecule has 0 saturated heterocycles. The van der Waals surface area contributed by atoms with E-state index < -0.39 is 6.09 Å². The van der Waals surface area contributed by atoms with Crippen LogP contribution in [0.15, 0.2) is 73.8 Å². The minimum absolute atomic E-state index is 0.0238. The zero-order valence-electron chi connectivity index (χ0n) is 15.7. The molecule has 0 bridgehead atoms. The predicted molar refractivity (Wildman–Crippen MR) is 107 cm³/mol. The number of hydrogen-bond donors (Lipinski definition) is 2. The number of carbonyl (C=O) groups is 2. The molecule has 6 heteroatoms. The van der Waals surface area contributed by atoms with Gasteiger partial charge in [0.25, 0.3) is 0 Å². The Morgan fingerprint density at radius 1 is 0.963 bits per heavy atom. The van der Waals surface area contributed by atoms with Crippen molar-refractivity contribution in [3.8, 4) is 0 Å². The first-order chi connectivity index (χ1) is 13.1. The number of nitrogens with two attached hydrogens (primary N) is 1. The first-order valence-corrected chi connectivity index (χ1v) is 8.37. The summed E-state index contributed by atoms with van der Waals surface area (Å²) in [7, 11) is 1.59. The topological polar surface area (TPSA) is 90.6 Å². The number of rotatable bonds is 7. The van der Waals surface area contributed by atoms with Gasteiger partial charge >= 0.3 is 6.09 Å². The number of primary amides is 1. The number of nitrogens with one attached hydrogen (secondary N) is 1. The first kappa shape index (κ1) is 23.9. The lowest BCUT2D eigenvalue weighted by molar-refractivity contribution is -0.122. The van der Waals surface area contributed by atoms with Crippen LogP contribution in [-0.4, -0.2) is 25.7 Å². The number of ether oxygens (including phenoxy) is 2. The molecule has 0 saturated carbocycles. The Bertz CT molecular complexity index is 633. The van der Waals surface area contributed by atoms with Crippen molar-refractivity contribution >= 4 is 12.0 Å². The van der Waals surface area contributed by atoms with Crippen molar-refractivity contribution in [2.24, 2.45) is 5.73 Å². The summed E-state index contributed by atoms with van der Waals surface area (Å²) in [6.07, 6.45) is -0.322. The van der Waals surface area contributed by atoms with Gasteiger partial charge in [0.15, 0.2) is 0 Å². The van der Waals surface area contributed by atoms with Crippen LogP contribution >= 0.6 is 0 Å². The summed E-state index contributed by atoms with van der Waals surface area (Å²) in [4.78, 5) is 21.4. The van der Waals surface area contributed by atoms with Crippen molar-refractivity contribution in [1.82, 2.24) is 5.32 Å². The lowest BCUT2D eigenvalue weighted by Crippen LogP contribution is -2.23. The first-order valence-electron chi connectivity index (χ1n) is 8.37. The molecule has 0 heterocycles. The third kappa shape index (κ3) is 13.8. The lowest BCUT2D eigenvalue weighted by atomic mass is 10.2. The van der Waals surface area contributed by atoms with Gasteiger partial charge < -0.3 is 20.5 Å². The number of hydrogen-bond acceptors (Lipinski definition) is 4. The minimum Gasteiger partial charge on any atom is -0.445 e. The third-order valence-corrected chi connectivity index (χ3v) is 3.09. The molecule has 0 aliphatic carbocycles. The Labute approximate surface area is 161 Å². The van der Waals surface area contributed by atoms with E-state index in [9.17, 15) is 9.59 Å². The average Bonchev–Trinajstić information content (AvgIpc) is 2.72. The van der Waals surface area contributed by atoms with E-state index in [1.807, 2.05) is 60.7 Å². The second kappa shape index (κ2) is 16.4. The number of amides is 2. The van der Waals surface area contributed by atoms with Crippen molar-refractivity contribution in [3.63, 3.8) is 0 Å². The monoisotopic (exact) mass is 372 g/mol. The molecule has 2 rings (SSSR count). The quantitative estimate of drug-likeness (QED) is 0.729. The Kier molecular flexibility index (Phi) is 14.5. The number of methoxy groups -OCH3 is 1. The molecule has 27 heavy (non-hydrogen) atoms. The molecular weight excluding hydrogens is 344 g/mol. The van der Waals surface area contributed by atoms with Gasteiger partial charge in [0.05, 0.1) is 6.61 Å². The van der Waals surface area contributed by atoms with E-state index in [2.05, 4.69) is 23.2 Å². The van der Waals surface area contributed by atoms with Crippen LogP contribution in [0.25, 0.3) is 0 Å². The molecule has 0 aliphatic rings. The molecule has 0 radical (unpaired) electrons. The Balaban J connectivity index is 0.000000469. The van der Waals surface area contributed by atoms with Crippen molar-refractivity contribution < 1.29 is 19.1 Å². The van der Waals surface area contributed by atoms with Gasteiger partial charge in [-0.3, -0.25) is 4.79 Å². The fourth-order valence-corrected chi connectivity index (χ4v) is 1.81. The molecule has 0 atom stereocenters. The van der Waals surface area contributed by atoms with E-state index in [0.717, 1.165) is 11.1 Å². The number of benzene rings is 2. The molecule has 0 aromatic heterocycles. The average molecular weight is 372 g/mol. The van der Waals surface area contributed by atoms with E-state index >= 15 is 0 Å². The van der Waals surface area contributed by atoms with Crippen LogP contribution in [0.3, 0.4) is 0 Å². The third-order valence-electron chi connectivity index (χ3n) is 3.09. The van der Waals surface area contributed by atoms with Gasteiger partial charge in [0, 0.05) is 20.1 Å². The molecule has 2 aromatic rings. The van der Waals surface area contributed by atoms with E-state index in [4.69, 9.17) is 10.5 Å². The second-order valence-electron chi connectivity index (χ2n) is 5.10. The molecule has 0 aliphatic heterocycles. The summed E-state index contributed by atoms with van der Waals surface area (Å²) in [5, 5.41) is 2.81. The van der Waals surface area contributed by atoms with E-state index in [0.29, 0.717) is 19.6 Å². The standard InChI is InChI=1S/C11H15NO2.C8H9NO2.C2H4/c1-14-8-7-11(13)12-9-10-5-3-2-4-6-10;9-8(10)11-6-7-4-2-1-3-5-7;1-2/h2-6H,7-9H2,1H3,(H,12,13);1-5H,6H2,(H2,9,10);1-2H2. The van der Waals surface area contributed by atoms with Crippen molar-refractivity contribution in [2.45, 2.75) is 19.6 Å². The zero-order chi connectivity index (χ0) is 20.3. The van der Waals surface area contributed by atoms with Crippen LogP contribution in [0.5, 0.6) is 0 Å². The highest BCUT2D eigenvalue weighted by molar-refractivity contribution is 5.75. The van der Waals surface area contributed by atoms with E-state index in [1.54, 1.807) is 7.11 Å². The molecule has 0 spiro atoms. The van der Waals surface area contributed by atoms with Crippen LogP contribution in [-0.2, 0) is 27.4 Å². The fraction of sp³-hybridized carbons (Fsp3) is 0.238. The summed E-state index contributed by atoms with van der Waals surface area (Å²) < 4.78 is 9.37. The summed E-state index contributed by atoms with van der Waals surface area (Å²) in [5.41, 5.74) is 6.83. The summed E-state index contributed by atoms with van der Waals surface area (Å²) in [6.45, 7) is 7.31. The van der Waals surface area contributed by atoms with Crippen LogP contribution in [0.4, 0.5) is 4.79 Å². The van der Waals surface area contributed by atoms with Crippen molar-refractivity contribution in [1.29, 1.82) is 0 Å². The highest BCUT2D eigenvalue weighted by Gasteiger charge is 1.99. The van der Waals surface area contributed by atoms with Crippen molar-refractivity contribution in [3.05, 3.63) is 84.9 Å². The van der Waals surface area contributed by atoms with Gasteiger partial charge in [-0.15, -0.1) is 13.2 Å². The van der Waals surface area contributed by atoms with Gasteiger partial charge in [-0.1, -0.05) is 60.7 Å². The molecule has 0 unspecified atom stereocenters. The second-order valence-corrected chi connectivity index (χ2v) is 5.10. The summed E-state index contributed by atoms with van der Waals surface area (Å²) in [6, 6.07) is 19.2. The van der Waals surface area contributed by atoms with Crippen molar-refractivity contribution in [2.75, 3.05) is 13.7 Å². The van der Waals surface area contributed by atoms with Gasteiger partial charge in [0.1, 0.15) is 6.61 Å². The molecule has 2 aromatic carbocycles. The molecule has 6 nitrogen and oxygen atoms in total. The fourth-order valence-electron chi connectivity index (χ4n) is 1.81. The largest absolute Gasteiger partial charge is 0.445 e. The zero-order valence-corrected chi connectivity index (χ0v) is 15.7. The normalized spacial score (nSPS) is 8.93. The highest BCUT2D eigenvalue weighted by atomic mass is 16.5. The Morgan fingerprint density at radius 3 is 1.96 bits per heavy atom. The maximum Gasteiger partial charge on any atom is 0.404 e. The van der Waals surface area contributed by atoms with Crippen LogP contribution in [0.1, 0.15) is 17.5 Å². The van der Waals surface area contributed by atoms with Gasteiger partial charge in [-0.05, 0) is 11.1 Å². The van der Waals surface area contributed by atoms with Crippen LogP contribution < -0.4 is 11.1 Å².